The topological polar surface area (TPSA) is 88.1 Å². The molecule has 24 heavy (non-hydrogen) atoms. The second-order valence-electron chi connectivity index (χ2n) is 5.20. The van der Waals surface area contributed by atoms with Crippen molar-refractivity contribution in [3.63, 3.8) is 0 Å². The Kier molecular flexibility index (Phi) is 4.25. The van der Waals surface area contributed by atoms with Crippen molar-refractivity contribution in [2.24, 2.45) is 0 Å². The minimum atomic E-state index is -3.86. The van der Waals surface area contributed by atoms with Crippen LogP contribution in [-0.2, 0) is 10.0 Å². The van der Waals surface area contributed by atoms with E-state index in [0.717, 1.165) is 0 Å². The Labute approximate surface area is 144 Å². The molecule has 0 fully saturated rings. The van der Waals surface area contributed by atoms with Crippen molar-refractivity contribution in [3.05, 3.63) is 47.7 Å². The van der Waals surface area contributed by atoms with Gasteiger partial charge in [0.2, 0.25) is 0 Å². The molecule has 3 rings (SSSR count). The molecule has 9 heteroatoms. The first kappa shape index (κ1) is 16.4. The van der Waals surface area contributed by atoms with Crippen molar-refractivity contribution in [3.8, 4) is 0 Å². The van der Waals surface area contributed by atoms with E-state index >= 15 is 0 Å². The minimum Gasteiger partial charge on any atom is -0.363 e. The highest BCUT2D eigenvalue weighted by Crippen LogP contribution is 2.24. The van der Waals surface area contributed by atoms with E-state index in [4.69, 9.17) is 11.6 Å². The molecule has 2 aromatic heterocycles. The van der Waals surface area contributed by atoms with Crippen molar-refractivity contribution >= 4 is 44.3 Å². The lowest BCUT2D eigenvalue weighted by atomic mass is 10.3. The molecule has 0 radical (unpaired) electrons. The van der Waals surface area contributed by atoms with E-state index in [-0.39, 0.29) is 15.9 Å². The Balaban J connectivity index is 1.95. The number of benzene rings is 1. The molecule has 0 saturated heterocycles. The number of fused-ring (bicyclic) bond motifs is 1. The fourth-order valence-corrected chi connectivity index (χ4v) is 3.22. The van der Waals surface area contributed by atoms with Gasteiger partial charge in [0.25, 0.3) is 10.0 Å². The van der Waals surface area contributed by atoms with Crippen LogP contribution in [0.1, 0.15) is 0 Å². The first-order chi connectivity index (χ1) is 11.4. The number of halogens is 1. The minimum absolute atomic E-state index is 0.0131. The number of nitrogens with one attached hydrogen (secondary N) is 1. The molecule has 0 amide bonds. The van der Waals surface area contributed by atoms with Gasteiger partial charge < -0.3 is 4.90 Å². The molecular formula is C15H14ClN5O2S. The molecule has 0 aliphatic heterocycles. The van der Waals surface area contributed by atoms with Gasteiger partial charge in [0.1, 0.15) is 10.7 Å². The maximum absolute atomic E-state index is 12.5. The highest BCUT2D eigenvalue weighted by molar-refractivity contribution is 7.92. The Bertz CT molecular complexity index is 990. The van der Waals surface area contributed by atoms with Gasteiger partial charge in [-0.1, -0.05) is 23.7 Å². The van der Waals surface area contributed by atoms with Gasteiger partial charge in [0, 0.05) is 20.3 Å². The van der Waals surface area contributed by atoms with Gasteiger partial charge in [0.05, 0.1) is 11.0 Å². The van der Waals surface area contributed by atoms with Gasteiger partial charge in [-0.2, -0.15) is 0 Å². The summed E-state index contributed by atoms with van der Waals surface area (Å²) in [7, 11) is -0.228. The van der Waals surface area contributed by atoms with Gasteiger partial charge in [-0.25, -0.2) is 23.4 Å². The molecule has 0 aliphatic rings. The predicted molar refractivity (Wildman–Crippen MR) is 93.9 cm³/mol. The lowest BCUT2D eigenvalue weighted by molar-refractivity contribution is 0.600. The fraction of sp³-hybridized carbons (Fsp3) is 0.133. The van der Waals surface area contributed by atoms with Crippen molar-refractivity contribution in [2.75, 3.05) is 23.7 Å². The van der Waals surface area contributed by atoms with E-state index in [1.165, 1.54) is 12.3 Å². The number of pyridine rings is 1. The number of nitrogens with zero attached hydrogens (tertiary/aromatic N) is 4. The standard InChI is InChI=1S/C15H14ClN5O2S/c1-21(2)13-8-7-10(9-17-13)24(22,23)20-15-14(16)18-11-5-3-4-6-12(11)19-15/h3-9H,1-2H3,(H,19,20). The second-order valence-corrected chi connectivity index (χ2v) is 7.24. The van der Waals surface area contributed by atoms with Crippen LogP contribution in [0.4, 0.5) is 11.6 Å². The van der Waals surface area contributed by atoms with Gasteiger partial charge in [-0.15, -0.1) is 0 Å². The van der Waals surface area contributed by atoms with Crippen molar-refractivity contribution in [2.45, 2.75) is 4.90 Å². The first-order valence-electron chi connectivity index (χ1n) is 6.95. The van der Waals surface area contributed by atoms with Gasteiger partial charge in [-0.05, 0) is 24.3 Å². The lowest BCUT2D eigenvalue weighted by Gasteiger charge is -2.12. The highest BCUT2D eigenvalue weighted by Gasteiger charge is 2.18. The summed E-state index contributed by atoms with van der Waals surface area (Å²) in [5.41, 5.74) is 1.13. The number of para-hydroxylation sites is 2. The third-order valence-electron chi connectivity index (χ3n) is 3.25. The maximum atomic E-state index is 12.5. The summed E-state index contributed by atoms with van der Waals surface area (Å²) < 4.78 is 27.3. The van der Waals surface area contributed by atoms with Gasteiger partial charge in [0.15, 0.2) is 11.0 Å². The summed E-state index contributed by atoms with van der Waals surface area (Å²) in [4.78, 5) is 14.2. The van der Waals surface area contributed by atoms with Crippen LogP contribution in [0.5, 0.6) is 0 Å². The molecule has 1 aromatic carbocycles. The second kappa shape index (κ2) is 6.21. The van der Waals surface area contributed by atoms with E-state index in [0.29, 0.717) is 16.9 Å². The van der Waals surface area contributed by atoms with Gasteiger partial charge >= 0.3 is 0 Å². The molecule has 0 spiro atoms. The Morgan fingerprint density at radius 1 is 1.04 bits per heavy atom. The van der Waals surface area contributed by atoms with Crippen molar-refractivity contribution < 1.29 is 8.42 Å². The summed E-state index contributed by atoms with van der Waals surface area (Å²) in [5, 5.41) is -0.0184. The average Bonchev–Trinajstić information content (AvgIpc) is 2.55. The molecule has 2 heterocycles. The van der Waals surface area contributed by atoms with Crippen LogP contribution in [0.15, 0.2) is 47.5 Å². The first-order valence-corrected chi connectivity index (χ1v) is 8.81. The van der Waals surface area contributed by atoms with Crippen LogP contribution in [0.2, 0.25) is 5.15 Å². The summed E-state index contributed by atoms with van der Waals surface area (Å²) in [5.74, 6) is 0.629. The summed E-state index contributed by atoms with van der Waals surface area (Å²) in [6, 6.07) is 10.1. The Morgan fingerprint density at radius 3 is 2.29 bits per heavy atom. The summed E-state index contributed by atoms with van der Waals surface area (Å²) in [6.45, 7) is 0. The van der Waals surface area contributed by atoms with Crippen molar-refractivity contribution in [1.29, 1.82) is 0 Å². The number of aromatic nitrogens is 3. The third kappa shape index (κ3) is 3.24. The number of hydrogen-bond donors (Lipinski definition) is 1. The average molecular weight is 364 g/mol. The van der Waals surface area contributed by atoms with Crippen LogP contribution in [0.25, 0.3) is 11.0 Å². The van der Waals surface area contributed by atoms with Crippen LogP contribution in [-0.4, -0.2) is 37.5 Å². The molecule has 7 nitrogen and oxygen atoms in total. The zero-order valence-corrected chi connectivity index (χ0v) is 14.5. The SMILES string of the molecule is CN(C)c1ccc(S(=O)(=O)Nc2nc3ccccc3nc2Cl)cn1. The Morgan fingerprint density at radius 2 is 1.71 bits per heavy atom. The lowest BCUT2D eigenvalue weighted by Crippen LogP contribution is -2.16. The predicted octanol–water partition coefficient (Wildman–Crippen LogP) is 2.55. The largest absolute Gasteiger partial charge is 0.363 e. The molecule has 0 aliphatic carbocycles. The molecule has 0 atom stereocenters. The van der Waals surface area contributed by atoms with Crippen LogP contribution in [0.3, 0.4) is 0 Å². The molecule has 1 N–H and O–H groups in total. The monoisotopic (exact) mass is 363 g/mol. The zero-order valence-electron chi connectivity index (χ0n) is 12.9. The quantitative estimate of drug-likeness (QED) is 0.766. The van der Waals surface area contributed by atoms with Crippen LogP contribution >= 0.6 is 11.6 Å². The Hall–Kier alpha value is -2.45. The molecule has 0 bridgehead atoms. The molecule has 3 aromatic rings. The number of sulfonamides is 1. The molecule has 0 unspecified atom stereocenters. The van der Waals surface area contributed by atoms with E-state index < -0.39 is 10.0 Å². The molecular weight excluding hydrogens is 350 g/mol. The fourth-order valence-electron chi connectivity index (χ4n) is 2.03. The normalized spacial score (nSPS) is 11.5. The summed E-state index contributed by atoms with van der Waals surface area (Å²) in [6.07, 6.45) is 1.28. The van der Waals surface area contributed by atoms with E-state index in [1.54, 1.807) is 35.2 Å². The molecule has 124 valence electrons. The maximum Gasteiger partial charge on any atom is 0.264 e. The number of hydrogen-bond acceptors (Lipinski definition) is 6. The smallest absolute Gasteiger partial charge is 0.264 e. The van der Waals surface area contributed by atoms with Gasteiger partial charge in [-0.3, -0.25) is 4.72 Å². The van der Waals surface area contributed by atoms with E-state index in [2.05, 4.69) is 19.7 Å². The number of anilines is 2. The third-order valence-corrected chi connectivity index (χ3v) is 4.84. The van der Waals surface area contributed by atoms with Crippen LogP contribution < -0.4 is 9.62 Å². The van der Waals surface area contributed by atoms with E-state index in [1.807, 2.05) is 14.1 Å². The highest BCUT2D eigenvalue weighted by atomic mass is 35.5. The molecule has 0 saturated carbocycles. The van der Waals surface area contributed by atoms with Crippen LogP contribution in [0, 0.1) is 0 Å². The van der Waals surface area contributed by atoms with Crippen molar-refractivity contribution in [1.82, 2.24) is 15.0 Å². The number of rotatable bonds is 4. The zero-order chi connectivity index (χ0) is 17.3. The summed E-state index contributed by atoms with van der Waals surface area (Å²) >= 11 is 6.04. The van der Waals surface area contributed by atoms with E-state index in [9.17, 15) is 8.42 Å².